The number of nitrogens with one attached hydrogen (secondary N) is 2. The maximum atomic E-state index is 11.8. The van der Waals surface area contributed by atoms with Crippen LogP contribution < -0.4 is 11.1 Å². The summed E-state index contributed by atoms with van der Waals surface area (Å²) in [6.07, 6.45) is 0.856. The number of H-pyrrole nitrogens is 1. The van der Waals surface area contributed by atoms with Gasteiger partial charge in [-0.3, -0.25) is 15.2 Å². The molecule has 2 rings (SSSR count). The molecule has 0 aliphatic rings. The summed E-state index contributed by atoms with van der Waals surface area (Å²) in [5.74, 6) is 0.00493. The van der Waals surface area contributed by atoms with Crippen LogP contribution in [0.4, 0.5) is 10.9 Å². The smallest absolute Gasteiger partial charge is 0.275 e. The Bertz CT molecular complexity index is 545. The second-order valence-corrected chi connectivity index (χ2v) is 4.74. The summed E-state index contributed by atoms with van der Waals surface area (Å²) in [5.41, 5.74) is 6.76. The molecular formula is C10H13N5OS. The predicted octanol–water partition coefficient (Wildman–Crippen LogP) is 1.57. The number of rotatable bonds is 3. The van der Waals surface area contributed by atoms with Crippen molar-refractivity contribution in [2.24, 2.45) is 0 Å². The van der Waals surface area contributed by atoms with Crippen molar-refractivity contribution in [3.05, 3.63) is 22.3 Å². The Hall–Kier alpha value is -1.89. The van der Waals surface area contributed by atoms with Gasteiger partial charge in [-0.25, -0.2) is 4.98 Å². The molecule has 0 saturated heterocycles. The topological polar surface area (TPSA) is 96.7 Å². The van der Waals surface area contributed by atoms with E-state index >= 15 is 0 Å². The molecule has 6 nitrogen and oxygen atoms in total. The largest absolute Gasteiger partial charge is 0.382 e. The number of carbonyl (C=O) groups excluding carboxylic acids is 1. The van der Waals surface area contributed by atoms with E-state index in [9.17, 15) is 4.79 Å². The van der Waals surface area contributed by atoms with E-state index in [1.54, 1.807) is 0 Å². The van der Waals surface area contributed by atoms with Crippen LogP contribution in [-0.2, 0) is 6.42 Å². The number of aromatic amines is 1. The Labute approximate surface area is 102 Å². The maximum absolute atomic E-state index is 11.8. The van der Waals surface area contributed by atoms with Gasteiger partial charge in [-0.2, -0.15) is 5.10 Å². The normalized spacial score (nSPS) is 10.5. The number of aromatic nitrogens is 3. The molecule has 0 aliphatic carbocycles. The molecule has 0 saturated carbocycles. The summed E-state index contributed by atoms with van der Waals surface area (Å²) in [4.78, 5) is 17.2. The highest BCUT2D eigenvalue weighted by Gasteiger charge is 2.12. The van der Waals surface area contributed by atoms with Crippen molar-refractivity contribution in [1.82, 2.24) is 15.2 Å². The monoisotopic (exact) mass is 251 g/mol. The molecule has 2 aromatic heterocycles. The van der Waals surface area contributed by atoms with Crippen LogP contribution >= 0.6 is 11.3 Å². The lowest BCUT2D eigenvalue weighted by Gasteiger charge is -1.97. The quantitative estimate of drug-likeness (QED) is 0.771. The lowest BCUT2D eigenvalue weighted by atomic mass is 10.3. The van der Waals surface area contributed by atoms with Gasteiger partial charge in [0.1, 0.15) is 11.5 Å². The Morgan fingerprint density at radius 3 is 2.94 bits per heavy atom. The zero-order chi connectivity index (χ0) is 12.4. The summed E-state index contributed by atoms with van der Waals surface area (Å²) in [6.45, 7) is 4.02. The number of aryl methyl sites for hydroxylation is 2. The molecule has 0 atom stereocenters. The van der Waals surface area contributed by atoms with Crippen LogP contribution in [0.5, 0.6) is 0 Å². The van der Waals surface area contributed by atoms with Gasteiger partial charge in [0, 0.05) is 10.9 Å². The number of amides is 1. The molecule has 17 heavy (non-hydrogen) atoms. The van der Waals surface area contributed by atoms with Crippen molar-refractivity contribution < 1.29 is 4.79 Å². The fourth-order valence-corrected chi connectivity index (χ4v) is 2.32. The van der Waals surface area contributed by atoms with E-state index in [0.717, 1.165) is 17.0 Å². The number of carbonyl (C=O) groups is 1. The molecule has 0 unspecified atom stereocenters. The van der Waals surface area contributed by atoms with Gasteiger partial charge in [-0.05, 0) is 13.3 Å². The summed E-state index contributed by atoms with van der Waals surface area (Å²) in [6, 6.07) is 1.48. The van der Waals surface area contributed by atoms with Gasteiger partial charge in [-0.1, -0.05) is 6.92 Å². The molecule has 1 amide bonds. The van der Waals surface area contributed by atoms with E-state index in [1.807, 2.05) is 13.8 Å². The van der Waals surface area contributed by atoms with Gasteiger partial charge < -0.3 is 5.73 Å². The van der Waals surface area contributed by atoms with Crippen molar-refractivity contribution >= 4 is 28.2 Å². The summed E-state index contributed by atoms with van der Waals surface area (Å²) >= 11 is 1.46. The minimum atomic E-state index is -0.286. The lowest BCUT2D eigenvalue weighted by molar-refractivity contribution is 0.102. The van der Waals surface area contributed by atoms with E-state index in [4.69, 9.17) is 5.73 Å². The van der Waals surface area contributed by atoms with Crippen molar-refractivity contribution in [3.8, 4) is 0 Å². The molecule has 90 valence electrons. The Morgan fingerprint density at radius 2 is 2.41 bits per heavy atom. The first-order chi connectivity index (χ1) is 8.10. The summed E-state index contributed by atoms with van der Waals surface area (Å²) < 4.78 is 0. The fourth-order valence-electron chi connectivity index (χ4n) is 1.43. The van der Waals surface area contributed by atoms with Crippen LogP contribution in [0.3, 0.4) is 0 Å². The van der Waals surface area contributed by atoms with Gasteiger partial charge in [-0.15, -0.1) is 11.3 Å². The molecule has 0 fully saturated rings. The van der Waals surface area contributed by atoms with E-state index in [1.165, 1.54) is 17.4 Å². The van der Waals surface area contributed by atoms with Crippen LogP contribution in [0, 0.1) is 6.92 Å². The van der Waals surface area contributed by atoms with E-state index in [2.05, 4.69) is 20.5 Å². The van der Waals surface area contributed by atoms with Crippen LogP contribution in [-0.4, -0.2) is 21.1 Å². The maximum Gasteiger partial charge on any atom is 0.275 e. The van der Waals surface area contributed by atoms with Gasteiger partial charge in [0.05, 0.1) is 5.69 Å². The molecule has 0 aliphatic heterocycles. The first kappa shape index (κ1) is 11.6. The highest BCUT2D eigenvalue weighted by molar-refractivity contribution is 7.15. The standard InChI is InChI=1S/C10H13N5OS/c1-3-6-5(2)17-10(12-6)13-9(16)7-4-8(11)15-14-7/h4H,3H2,1-2H3,(H3,11,14,15)(H,12,13,16). The lowest BCUT2D eigenvalue weighted by Crippen LogP contribution is -2.12. The predicted molar refractivity (Wildman–Crippen MR) is 67.2 cm³/mol. The molecule has 0 spiro atoms. The number of anilines is 2. The van der Waals surface area contributed by atoms with Crippen LogP contribution in [0.1, 0.15) is 28.0 Å². The molecule has 0 aromatic carbocycles. The first-order valence-electron chi connectivity index (χ1n) is 5.18. The second-order valence-electron chi connectivity index (χ2n) is 3.54. The van der Waals surface area contributed by atoms with Gasteiger partial charge >= 0.3 is 0 Å². The fraction of sp³-hybridized carbons (Fsp3) is 0.300. The van der Waals surface area contributed by atoms with Gasteiger partial charge in [0.15, 0.2) is 5.13 Å². The minimum Gasteiger partial charge on any atom is -0.382 e. The summed E-state index contributed by atoms with van der Waals surface area (Å²) in [7, 11) is 0. The summed E-state index contributed by atoms with van der Waals surface area (Å²) in [5, 5.41) is 9.55. The third kappa shape index (κ3) is 2.44. The molecule has 4 N–H and O–H groups in total. The van der Waals surface area contributed by atoms with Crippen molar-refractivity contribution in [2.75, 3.05) is 11.1 Å². The highest BCUT2D eigenvalue weighted by Crippen LogP contribution is 2.22. The number of nitrogen functional groups attached to an aromatic ring is 1. The highest BCUT2D eigenvalue weighted by atomic mass is 32.1. The molecule has 7 heteroatoms. The van der Waals surface area contributed by atoms with Crippen LogP contribution in [0.25, 0.3) is 0 Å². The van der Waals surface area contributed by atoms with Crippen molar-refractivity contribution in [2.45, 2.75) is 20.3 Å². The van der Waals surface area contributed by atoms with Crippen molar-refractivity contribution in [1.29, 1.82) is 0 Å². The Balaban J connectivity index is 2.12. The van der Waals surface area contributed by atoms with Gasteiger partial charge in [0.25, 0.3) is 5.91 Å². The number of thiazole rings is 1. The molecule has 2 aromatic rings. The van der Waals surface area contributed by atoms with Crippen molar-refractivity contribution in [3.63, 3.8) is 0 Å². The van der Waals surface area contributed by atoms with Crippen LogP contribution in [0.2, 0.25) is 0 Å². The number of hydrogen-bond acceptors (Lipinski definition) is 5. The zero-order valence-corrected chi connectivity index (χ0v) is 10.4. The first-order valence-corrected chi connectivity index (χ1v) is 6.00. The van der Waals surface area contributed by atoms with E-state index in [-0.39, 0.29) is 5.91 Å². The molecular weight excluding hydrogens is 238 g/mol. The van der Waals surface area contributed by atoms with E-state index < -0.39 is 0 Å². The Kier molecular flexibility index (Phi) is 3.10. The number of hydrogen-bond donors (Lipinski definition) is 3. The second kappa shape index (κ2) is 4.54. The van der Waals surface area contributed by atoms with Crippen LogP contribution in [0.15, 0.2) is 6.07 Å². The Morgan fingerprint density at radius 1 is 1.65 bits per heavy atom. The average Bonchev–Trinajstić information content (AvgIpc) is 2.85. The number of nitrogens with two attached hydrogens (primary N) is 1. The SMILES string of the molecule is CCc1nc(NC(=O)c2cc(N)n[nH]2)sc1C. The van der Waals surface area contributed by atoms with Gasteiger partial charge in [0.2, 0.25) is 0 Å². The zero-order valence-electron chi connectivity index (χ0n) is 9.57. The minimum absolute atomic E-state index is 0.286. The molecule has 0 bridgehead atoms. The third-order valence-electron chi connectivity index (χ3n) is 2.29. The average molecular weight is 251 g/mol. The number of nitrogens with zero attached hydrogens (tertiary/aromatic N) is 2. The van der Waals surface area contributed by atoms with E-state index in [0.29, 0.717) is 16.6 Å². The third-order valence-corrected chi connectivity index (χ3v) is 3.22. The molecule has 0 radical (unpaired) electrons. The molecule has 2 heterocycles.